The van der Waals surface area contributed by atoms with E-state index in [1.165, 1.54) is 32.2 Å². The summed E-state index contributed by atoms with van der Waals surface area (Å²) in [5.41, 5.74) is -0.0817. The van der Waals surface area contributed by atoms with Crippen LogP contribution >= 0.6 is 0 Å². The normalized spacial score (nSPS) is 20.1. The largest absolute Gasteiger partial charge is 0.394 e. The van der Waals surface area contributed by atoms with Gasteiger partial charge in [0, 0.05) is 11.6 Å². The van der Waals surface area contributed by atoms with E-state index in [1.807, 2.05) is 0 Å². The molecule has 1 aliphatic rings. The first-order valence-electron chi connectivity index (χ1n) is 6.67. The van der Waals surface area contributed by atoms with Crippen LogP contribution in [0.3, 0.4) is 0 Å². The third-order valence-corrected chi connectivity index (χ3v) is 3.42. The van der Waals surface area contributed by atoms with E-state index in [-0.39, 0.29) is 12.1 Å². The molecule has 1 unspecified atom stereocenters. The van der Waals surface area contributed by atoms with E-state index in [0.717, 1.165) is 13.0 Å². The van der Waals surface area contributed by atoms with E-state index in [2.05, 4.69) is 31.1 Å². The number of hydrogen-bond acceptors (Lipinski definition) is 3. The third kappa shape index (κ3) is 5.28. The number of nitrogens with one attached hydrogen (secondary N) is 1. The van der Waals surface area contributed by atoms with Gasteiger partial charge in [0.2, 0.25) is 0 Å². The van der Waals surface area contributed by atoms with E-state index in [0.29, 0.717) is 6.04 Å². The molecule has 0 heterocycles. The Morgan fingerprint density at radius 1 is 1.38 bits per heavy atom. The molecule has 2 N–H and O–H groups in total. The topological polar surface area (TPSA) is 35.5 Å². The molecular weight excluding hydrogens is 200 g/mol. The highest BCUT2D eigenvalue weighted by atomic mass is 16.3. The molecule has 0 saturated heterocycles. The zero-order valence-corrected chi connectivity index (χ0v) is 11.1. The maximum Gasteiger partial charge on any atom is 0.0611 e. The van der Waals surface area contributed by atoms with Crippen LogP contribution in [-0.4, -0.2) is 48.3 Å². The van der Waals surface area contributed by atoms with Crippen molar-refractivity contribution in [3.63, 3.8) is 0 Å². The Labute approximate surface area is 100 Å². The van der Waals surface area contributed by atoms with Gasteiger partial charge in [-0.25, -0.2) is 0 Å². The molecule has 1 fully saturated rings. The Balaban J connectivity index is 2.20. The summed E-state index contributed by atoms with van der Waals surface area (Å²) in [6.07, 6.45) is 6.10. The summed E-state index contributed by atoms with van der Waals surface area (Å²) in [6, 6.07) is 0.665. The van der Waals surface area contributed by atoms with E-state index < -0.39 is 0 Å². The standard InChI is InChI=1S/C13H28N2O/c1-4-5-9-15(3)10-8-13(2,11-16)14-12-6-7-12/h12,14,16H,4-11H2,1-3H3. The number of hydrogen-bond donors (Lipinski definition) is 2. The lowest BCUT2D eigenvalue weighted by Crippen LogP contribution is -2.48. The minimum absolute atomic E-state index is 0.0817. The molecule has 16 heavy (non-hydrogen) atoms. The Morgan fingerprint density at radius 2 is 2.06 bits per heavy atom. The second-order valence-corrected chi connectivity index (χ2v) is 5.54. The molecule has 1 saturated carbocycles. The minimum Gasteiger partial charge on any atom is -0.394 e. The van der Waals surface area contributed by atoms with Gasteiger partial charge >= 0.3 is 0 Å². The van der Waals surface area contributed by atoms with Crippen LogP contribution in [0.15, 0.2) is 0 Å². The summed E-state index contributed by atoms with van der Waals surface area (Å²) < 4.78 is 0. The Hall–Kier alpha value is -0.120. The molecule has 0 aliphatic heterocycles. The third-order valence-electron chi connectivity index (χ3n) is 3.42. The predicted molar refractivity (Wildman–Crippen MR) is 68.7 cm³/mol. The minimum atomic E-state index is -0.0817. The summed E-state index contributed by atoms with van der Waals surface area (Å²) in [4.78, 5) is 2.37. The molecule has 0 amide bonds. The van der Waals surface area contributed by atoms with Gasteiger partial charge in [-0.3, -0.25) is 0 Å². The van der Waals surface area contributed by atoms with Crippen molar-refractivity contribution in [2.75, 3.05) is 26.7 Å². The van der Waals surface area contributed by atoms with Crippen LogP contribution in [0, 0.1) is 0 Å². The molecule has 0 bridgehead atoms. The van der Waals surface area contributed by atoms with Gasteiger partial charge in [0.1, 0.15) is 0 Å². The van der Waals surface area contributed by atoms with Crippen LogP contribution in [0.4, 0.5) is 0 Å². The van der Waals surface area contributed by atoms with Crippen LogP contribution in [-0.2, 0) is 0 Å². The first-order chi connectivity index (χ1) is 7.59. The van der Waals surface area contributed by atoms with Gasteiger partial charge in [-0.1, -0.05) is 13.3 Å². The van der Waals surface area contributed by atoms with Crippen LogP contribution < -0.4 is 5.32 Å². The summed E-state index contributed by atoms with van der Waals surface area (Å²) >= 11 is 0. The van der Waals surface area contributed by atoms with E-state index in [1.54, 1.807) is 0 Å². The van der Waals surface area contributed by atoms with Gasteiger partial charge in [-0.05, 0) is 52.7 Å². The Bertz CT molecular complexity index is 194. The highest BCUT2D eigenvalue weighted by molar-refractivity contribution is 4.92. The van der Waals surface area contributed by atoms with Crippen molar-refractivity contribution in [1.29, 1.82) is 0 Å². The highest BCUT2D eigenvalue weighted by Crippen LogP contribution is 2.23. The fourth-order valence-corrected chi connectivity index (χ4v) is 1.89. The molecule has 0 radical (unpaired) electrons. The molecule has 0 aromatic heterocycles. The zero-order chi connectivity index (χ0) is 12.0. The molecular formula is C13H28N2O. The van der Waals surface area contributed by atoms with Crippen LogP contribution in [0.2, 0.25) is 0 Å². The lowest BCUT2D eigenvalue weighted by Gasteiger charge is -2.31. The smallest absolute Gasteiger partial charge is 0.0611 e. The second-order valence-electron chi connectivity index (χ2n) is 5.54. The Kier molecular flexibility index (Phi) is 5.73. The summed E-state index contributed by atoms with van der Waals surface area (Å²) in [7, 11) is 2.17. The molecule has 0 aromatic carbocycles. The average molecular weight is 228 g/mol. The maximum atomic E-state index is 9.47. The van der Waals surface area contributed by atoms with Crippen molar-refractivity contribution < 1.29 is 5.11 Å². The summed E-state index contributed by atoms with van der Waals surface area (Å²) in [6.45, 7) is 6.84. The fourth-order valence-electron chi connectivity index (χ4n) is 1.89. The molecule has 0 spiro atoms. The van der Waals surface area contributed by atoms with E-state index in [9.17, 15) is 5.11 Å². The first-order valence-corrected chi connectivity index (χ1v) is 6.67. The van der Waals surface area contributed by atoms with Crippen molar-refractivity contribution in [3.05, 3.63) is 0 Å². The van der Waals surface area contributed by atoms with Crippen LogP contribution in [0.1, 0.15) is 46.0 Å². The molecule has 0 aromatic rings. The van der Waals surface area contributed by atoms with Gasteiger partial charge < -0.3 is 15.3 Å². The van der Waals surface area contributed by atoms with Crippen molar-refractivity contribution >= 4 is 0 Å². The van der Waals surface area contributed by atoms with Gasteiger partial charge in [0.05, 0.1) is 6.61 Å². The van der Waals surface area contributed by atoms with Gasteiger partial charge in [0.15, 0.2) is 0 Å². The first kappa shape index (κ1) is 13.9. The van der Waals surface area contributed by atoms with Crippen molar-refractivity contribution in [2.24, 2.45) is 0 Å². The maximum absolute atomic E-state index is 9.47. The summed E-state index contributed by atoms with van der Waals surface area (Å²) in [5.74, 6) is 0. The fraction of sp³-hybridized carbons (Fsp3) is 1.00. The van der Waals surface area contributed by atoms with E-state index >= 15 is 0 Å². The average Bonchev–Trinajstić information content (AvgIpc) is 3.07. The number of aliphatic hydroxyl groups is 1. The quantitative estimate of drug-likeness (QED) is 0.629. The number of nitrogens with zero attached hydrogens (tertiary/aromatic N) is 1. The van der Waals surface area contributed by atoms with Gasteiger partial charge in [-0.15, -0.1) is 0 Å². The molecule has 1 rings (SSSR count). The molecule has 3 nitrogen and oxygen atoms in total. The van der Waals surface area contributed by atoms with E-state index in [4.69, 9.17) is 0 Å². The number of unbranched alkanes of at least 4 members (excludes halogenated alkanes) is 1. The molecule has 1 aliphatic carbocycles. The van der Waals surface area contributed by atoms with Gasteiger partial charge in [0.25, 0.3) is 0 Å². The molecule has 1 atom stereocenters. The highest BCUT2D eigenvalue weighted by Gasteiger charge is 2.31. The SMILES string of the molecule is CCCCN(C)CCC(C)(CO)NC1CC1. The lowest BCUT2D eigenvalue weighted by molar-refractivity contribution is 0.149. The summed E-state index contributed by atoms with van der Waals surface area (Å²) in [5, 5.41) is 13.0. The molecule has 96 valence electrons. The Morgan fingerprint density at radius 3 is 2.56 bits per heavy atom. The van der Waals surface area contributed by atoms with Gasteiger partial charge in [-0.2, -0.15) is 0 Å². The number of rotatable bonds is 9. The van der Waals surface area contributed by atoms with Crippen molar-refractivity contribution in [3.8, 4) is 0 Å². The lowest BCUT2D eigenvalue weighted by atomic mass is 9.98. The van der Waals surface area contributed by atoms with Crippen LogP contribution in [0.5, 0.6) is 0 Å². The van der Waals surface area contributed by atoms with Crippen molar-refractivity contribution in [2.45, 2.75) is 57.5 Å². The zero-order valence-electron chi connectivity index (χ0n) is 11.1. The van der Waals surface area contributed by atoms with Crippen LogP contribution in [0.25, 0.3) is 0 Å². The predicted octanol–water partition coefficient (Wildman–Crippen LogP) is 1.61. The monoisotopic (exact) mass is 228 g/mol. The van der Waals surface area contributed by atoms with Crippen molar-refractivity contribution in [1.82, 2.24) is 10.2 Å². The molecule has 3 heteroatoms. The number of aliphatic hydroxyl groups excluding tert-OH is 1. The second kappa shape index (κ2) is 6.58.